The molecule has 0 heterocycles. The van der Waals surface area contributed by atoms with E-state index in [1.54, 1.807) is 0 Å². The Kier molecular flexibility index (Phi) is 5.29. The lowest BCUT2D eigenvalue weighted by Crippen LogP contribution is -2.39. The highest BCUT2D eigenvalue weighted by molar-refractivity contribution is 6.74. The molecule has 0 radical (unpaired) electrons. The van der Waals surface area contributed by atoms with E-state index in [0.717, 1.165) is 18.1 Å². The van der Waals surface area contributed by atoms with Gasteiger partial charge in [-0.1, -0.05) is 34.6 Å². The molecule has 0 aliphatic carbocycles. The lowest BCUT2D eigenvalue weighted by molar-refractivity contribution is -0.138. The fourth-order valence-corrected chi connectivity index (χ4v) is 3.89. The lowest BCUT2D eigenvalue weighted by atomic mass is 10.2. The van der Waals surface area contributed by atoms with Gasteiger partial charge in [0.25, 0.3) is 14.3 Å². The van der Waals surface area contributed by atoms with Crippen molar-refractivity contribution in [2.24, 2.45) is 5.92 Å². The van der Waals surface area contributed by atoms with Crippen LogP contribution in [0, 0.1) is 5.92 Å². The van der Waals surface area contributed by atoms with Crippen LogP contribution in [0.3, 0.4) is 0 Å². The summed E-state index contributed by atoms with van der Waals surface area (Å²) in [6, 6.07) is 3.12. The van der Waals surface area contributed by atoms with Crippen LogP contribution in [-0.4, -0.2) is 14.3 Å². The van der Waals surface area contributed by atoms with Crippen molar-refractivity contribution in [2.45, 2.75) is 52.8 Å². The fraction of sp³-hybridized carbons (Fsp3) is 0.900. The molecule has 13 heavy (non-hydrogen) atoms. The maximum atomic E-state index is 11.4. The van der Waals surface area contributed by atoms with Crippen LogP contribution in [0.5, 0.6) is 0 Å². The van der Waals surface area contributed by atoms with Gasteiger partial charge in [0.1, 0.15) is 0 Å². The molecule has 0 unspecified atom stereocenters. The highest BCUT2D eigenvalue weighted by atomic mass is 28.4. The first-order valence-corrected chi connectivity index (χ1v) is 7.77. The Hall–Kier alpha value is -0.313. The molecule has 0 spiro atoms. The molecular weight excluding hydrogens is 180 g/mol. The summed E-state index contributed by atoms with van der Waals surface area (Å²) < 4.78 is 5.65. The fourth-order valence-electron chi connectivity index (χ4n) is 1.30. The minimum absolute atomic E-state index is 0.0107. The summed E-state index contributed by atoms with van der Waals surface area (Å²) in [6.07, 6.45) is 0. The van der Waals surface area contributed by atoms with E-state index in [0.29, 0.717) is 0 Å². The molecule has 0 aromatic heterocycles. The van der Waals surface area contributed by atoms with E-state index in [1.807, 2.05) is 13.8 Å². The summed E-state index contributed by atoms with van der Waals surface area (Å²) in [6.45, 7) is 10.2. The molecule has 0 aromatic rings. The topological polar surface area (TPSA) is 26.3 Å². The van der Waals surface area contributed by atoms with Crippen molar-refractivity contribution in [3.63, 3.8) is 0 Å². The van der Waals surface area contributed by atoms with Crippen molar-refractivity contribution in [3.05, 3.63) is 0 Å². The summed E-state index contributed by atoms with van der Waals surface area (Å²) in [5, 5.41) is 0. The van der Waals surface area contributed by atoms with Gasteiger partial charge < -0.3 is 4.43 Å². The van der Waals surface area contributed by atoms with Gasteiger partial charge in [-0.05, 0) is 18.1 Å². The van der Waals surface area contributed by atoms with Crippen LogP contribution in [0.15, 0.2) is 0 Å². The van der Waals surface area contributed by atoms with E-state index < -0.39 is 8.32 Å². The minimum Gasteiger partial charge on any atom is -0.519 e. The first-order valence-electron chi connectivity index (χ1n) is 5.24. The quantitative estimate of drug-likeness (QED) is 0.640. The molecule has 0 atom stereocenters. The Balaban J connectivity index is 4.33. The number of hydrogen-bond acceptors (Lipinski definition) is 2. The first kappa shape index (κ1) is 12.7. The van der Waals surface area contributed by atoms with E-state index in [-0.39, 0.29) is 11.9 Å². The Morgan fingerprint density at radius 3 is 1.77 bits per heavy atom. The van der Waals surface area contributed by atoms with Gasteiger partial charge >= 0.3 is 0 Å². The molecular formula is C10H22O2Si. The Morgan fingerprint density at radius 1 is 1.15 bits per heavy atom. The van der Waals surface area contributed by atoms with Crippen LogP contribution >= 0.6 is 0 Å². The van der Waals surface area contributed by atoms with Crippen LogP contribution in [0.1, 0.15) is 34.6 Å². The van der Waals surface area contributed by atoms with Crippen molar-refractivity contribution >= 4 is 14.3 Å². The number of carbonyl (C=O) groups is 1. The second-order valence-electron chi connectivity index (χ2n) is 3.82. The van der Waals surface area contributed by atoms with Crippen LogP contribution in [0.4, 0.5) is 0 Å². The average Bonchev–Trinajstić information content (AvgIpc) is 2.14. The second kappa shape index (κ2) is 5.42. The molecule has 0 fully saturated rings. The van der Waals surface area contributed by atoms with Crippen LogP contribution in [0.2, 0.25) is 18.1 Å². The van der Waals surface area contributed by atoms with Gasteiger partial charge in [-0.15, -0.1) is 0 Å². The second-order valence-corrected chi connectivity index (χ2v) is 8.51. The minimum atomic E-state index is -1.69. The van der Waals surface area contributed by atoms with E-state index in [9.17, 15) is 4.79 Å². The monoisotopic (exact) mass is 202 g/mol. The molecule has 0 aromatic carbocycles. The van der Waals surface area contributed by atoms with Gasteiger partial charge in [0.2, 0.25) is 0 Å². The van der Waals surface area contributed by atoms with Gasteiger partial charge in [0, 0.05) is 5.92 Å². The van der Waals surface area contributed by atoms with E-state index in [4.69, 9.17) is 4.43 Å². The third-order valence-corrected chi connectivity index (χ3v) is 7.22. The van der Waals surface area contributed by atoms with Gasteiger partial charge in [-0.3, -0.25) is 4.79 Å². The maximum Gasteiger partial charge on any atom is 0.295 e. The molecule has 3 heteroatoms. The first-order chi connectivity index (χ1) is 6.01. The molecule has 0 bridgehead atoms. The van der Waals surface area contributed by atoms with Gasteiger partial charge in [0.05, 0.1) is 0 Å². The van der Waals surface area contributed by atoms with Crippen molar-refractivity contribution in [3.8, 4) is 0 Å². The van der Waals surface area contributed by atoms with Crippen LogP contribution < -0.4 is 0 Å². The molecule has 0 N–H and O–H groups in total. The summed E-state index contributed by atoms with van der Waals surface area (Å²) in [4.78, 5) is 11.4. The SMILES string of the molecule is CC[Si](CC)(CC)OC(=O)C(C)C. The van der Waals surface area contributed by atoms with Crippen molar-refractivity contribution in [2.75, 3.05) is 0 Å². The lowest BCUT2D eigenvalue weighted by Gasteiger charge is -2.28. The number of rotatable bonds is 5. The van der Waals surface area contributed by atoms with Gasteiger partial charge in [0.15, 0.2) is 0 Å². The molecule has 0 aliphatic heterocycles. The number of carbonyl (C=O) groups excluding carboxylic acids is 1. The van der Waals surface area contributed by atoms with E-state index in [2.05, 4.69) is 20.8 Å². The summed E-state index contributed by atoms with van der Waals surface area (Å²) >= 11 is 0. The Morgan fingerprint density at radius 2 is 1.54 bits per heavy atom. The third kappa shape index (κ3) is 3.51. The Labute approximate surface area is 82.8 Å². The molecule has 0 rings (SSSR count). The summed E-state index contributed by atoms with van der Waals surface area (Å²) in [5.74, 6) is -0.00579. The molecule has 0 saturated heterocycles. The zero-order valence-electron chi connectivity index (χ0n) is 9.52. The highest BCUT2D eigenvalue weighted by Crippen LogP contribution is 2.22. The molecule has 0 saturated carbocycles. The predicted molar refractivity (Wildman–Crippen MR) is 58.1 cm³/mol. The summed E-state index contributed by atoms with van der Waals surface area (Å²) in [7, 11) is -1.69. The standard InChI is InChI=1S/C10H22O2Si/c1-6-13(7-2,8-3)12-10(11)9(4)5/h9H,6-8H2,1-5H3. The maximum absolute atomic E-state index is 11.4. The molecule has 78 valence electrons. The van der Waals surface area contributed by atoms with Gasteiger partial charge in [-0.2, -0.15) is 0 Å². The molecule has 0 aliphatic rings. The van der Waals surface area contributed by atoms with Crippen molar-refractivity contribution < 1.29 is 9.22 Å². The summed E-state index contributed by atoms with van der Waals surface area (Å²) in [5.41, 5.74) is 0. The zero-order chi connectivity index (χ0) is 10.5. The Bertz CT molecular complexity index is 154. The van der Waals surface area contributed by atoms with Crippen molar-refractivity contribution in [1.29, 1.82) is 0 Å². The normalized spacial score (nSPS) is 11.8. The largest absolute Gasteiger partial charge is 0.519 e. The predicted octanol–water partition coefficient (Wildman–Crippen LogP) is 3.19. The van der Waals surface area contributed by atoms with Crippen LogP contribution in [0.25, 0.3) is 0 Å². The van der Waals surface area contributed by atoms with Crippen LogP contribution in [-0.2, 0) is 9.22 Å². The molecule has 2 nitrogen and oxygen atoms in total. The number of hydrogen-bond donors (Lipinski definition) is 0. The smallest absolute Gasteiger partial charge is 0.295 e. The zero-order valence-corrected chi connectivity index (χ0v) is 10.5. The molecule has 0 amide bonds. The van der Waals surface area contributed by atoms with E-state index in [1.165, 1.54) is 0 Å². The third-order valence-electron chi connectivity index (χ3n) is 2.72. The van der Waals surface area contributed by atoms with Gasteiger partial charge in [-0.25, -0.2) is 0 Å². The highest BCUT2D eigenvalue weighted by Gasteiger charge is 2.33. The van der Waals surface area contributed by atoms with E-state index >= 15 is 0 Å². The average molecular weight is 202 g/mol. The van der Waals surface area contributed by atoms with Crippen molar-refractivity contribution in [1.82, 2.24) is 0 Å².